The van der Waals surface area contributed by atoms with Gasteiger partial charge in [0.25, 0.3) is 0 Å². The van der Waals surface area contributed by atoms with E-state index in [0.717, 1.165) is 35.5 Å². The Morgan fingerprint density at radius 1 is 1.23 bits per heavy atom. The van der Waals surface area contributed by atoms with Crippen LogP contribution in [0.15, 0.2) is 0 Å². The van der Waals surface area contributed by atoms with Crippen molar-refractivity contribution in [2.75, 3.05) is 38.6 Å². The largest absolute Gasteiger partial charge is 0.356 e. The highest BCUT2D eigenvalue weighted by Crippen LogP contribution is 2.37. The van der Waals surface area contributed by atoms with Crippen LogP contribution < -0.4 is 4.90 Å². The van der Waals surface area contributed by atoms with Gasteiger partial charge in [-0.15, -0.1) is 11.3 Å². The Labute approximate surface area is 137 Å². The van der Waals surface area contributed by atoms with Crippen LogP contribution in [0.5, 0.6) is 0 Å². The second-order valence-corrected chi connectivity index (χ2v) is 7.95. The lowest BCUT2D eigenvalue weighted by atomic mass is 10.1. The van der Waals surface area contributed by atoms with Gasteiger partial charge in [-0.05, 0) is 65.7 Å². The Morgan fingerprint density at radius 2 is 2.00 bits per heavy atom. The zero-order chi connectivity index (χ0) is 15.9. The van der Waals surface area contributed by atoms with Gasteiger partial charge >= 0.3 is 0 Å². The number of fused-ring (bicyclic) bond motifs is 1. The predicted molar refractivity (Wildman–Crippen MR) is 95.1 cm³/mol. The maximum absolute atomic E-state index is 4.80. The summed E-state index contributed by atoms with van der Waals surface area (Å²) in [5, 5.41) is 1.28. The second-order valence-electron chi connectivity index (χ2n) is 6.75. The first-order valence-electron chi connectivity index (χ1n) is 8.09. The molecule has 0 bridgehead atoms. The molecule has 22 heavy (non-hydrogen) atoms. The monoisotopic (exact) mass is 318 g/mol. The van der Waals surface area contributed by atoms with E-state index in [9.17, 15) is 0 Å². The average Bonchev–Trinajstić information content (AvgIpc) is 3.02. The van der Waals surface area contributed by atoms with Gasteiger partial charge in [0.05, 0.1) is 5.39 Å². The van der Waals surface area contributed by atoms with Gasteiger partial charge in [-0.2, -0.15) is 0 Å². The lowest BCUT2D eigenvalue weighted by Gasteiger charge is -2.20. The summed E-state index contributed by atoms with van der Waals surface area (Å²) in [6.45, 7) is 9.83. The minimum absolute atomic E-state index is 0.785. The summed E-state index contributed by atoms with van der Waals surface area (Å²) >= 11 is 1.80. The molecule has 1 saturated heterocycles. The molecular weight excluding hydrogens is 292 g/mol. The third kappa shape index (κ3) is 2.97. The topological polar surface area (TPSA) is 32.3 Å². The van der Waals surface area contributed by atoms with Crippen molar-refractivity contribution in [3.8, 4) is 0 Å². The molecule has 1 unspecified atom stereocenters. The van der Waals surface area contributed by atoms with Crippen molar-refractivity contribution in [3.05, 3.63) is 16.3 Å². The number of hydrogen-bond acceptors (Lipinski definition) is 5. The van der Waals surface area contributed by atoms with Crippen LogP contribution in [0.4, 0.5) is 5.82 Å². The molecule has 2 aromatic heterocycles. The molecule has 0 aromatic carbocycles. The van der Waals surface area contributed by atoms with Crippen LogP contribution in [0, 0.1) is 26.7 Å². The van der Waals surface area contributed by atoms with E-state index in [1.807, 2.05) is 6.92 Å². The molecule has 4 nitrogen and oxygen atoms in total. The van der Waals surface area contributed by atoms with Crippen LogP contribution in [-0.4, -0.2) is 48.6 Å². The van der Waals surface area contributed by atoms with E-state index in [1.54, 1.807) is 11.3 Å². The average molecular weight is 318 g/mol. The van der Waals surface area contributed by atoms with Gasteiger partial charge in [0.15, 0.2) is 0 Å². The van der Waals surface area contributed by atoms with E-state index >= 15 is 0 Å². The molecule has 120 valence electrons. The maximum atomic E-state index is 4.80. The normalized spacial score (nSPS) is 18.8. The summed E-state index contributed by atoms with van der Waals surface area (Å²) in [5.41, 5.74) is 1.35. The van der Waals surface area contributed by atoms with Crippen LogP contribution in [0.3, 0.4) is 0 Å². The van der Waals surface area contributed by atoms with Gasteiger partial charge in [-0.3, -0.25) is 0 Å². The van der Waals surface area contributed by atoms with Crippen molar-refractivity contribution in [2.45, 2.75) is 33.6 Å². The Balaban J connectivity index is 1.88. The summed E-state index contributed by atoms with van der Waals surface area (Å²) in [7, 11) is 4.31. The predicted octanol–water partition coefficient (Wildman–Crippen LogP) is 3.39. The first-order chi connectivity index (χ1) is 10.5. The van der Waals surface area contributed by atoms with Crippen LogP contribution in [0.1, 0.15) is 29.1 Å². The zero-order valence-electron chi connectivity index (χ0n) is 14.3. The molecule has 5 heteroatoms. The lowest BCUT2D eigenvalue weighted by Crippen LogP contribution is -2.23. The van der Waals surface area contributed by atoms with Gasteiger partial charge in [0.2, 0.25) is 0 Å². The first kappa shape index (κ1) is 15.7. The molecule has 1 fully saturated rings. The molecule has 0 radical (unpaired) electrons. The van der Waals surface area contributed by atoms with Gasteiger partial charge in [0, 0.05) is 18.0 Å². The fourth-order valence-electron chi connectivity index (χ4n) is 3.26. The highest BCUT2D eigenvalue weighted by molar-refractivity contribution is 7.18. The lowest BCUT2D eigenvalue weighted by molar-refractivity contribution is 0.361. The maximum Gasteiger partial charge on any atom is 0.141 e. The molecule has 1 atom stereocenters. The van der Waals surface area contributed by atoms with Crippen LogP contribution in [0.25, 0.3) is 10.2 Å². The van der Waals surface area contributed by atoms with Crippen LogP contribution in [0.2, 0.25) is 0 Å². The van der Waals surface area contributed by atoms with Gasteiger partial charge in [0.1, 0.15) is 16.5 Å². The van der Waals surface area contributed by atoms with Crippen molar-refractivity contribution >= 4 is 27.4 Å². The Hall–Kier alpha value is -1.20. The Morgan fingerprint density at radius 3 is 2.73 bits per heavy atom. The Kier molecular flexibility index (Phi) is 4.37. The van der Waals surface area contributed by atoms with Gasteiger partial charge in [-0.25, -0.2) is 9.97 Å². The minimum Gasteiger partial charge on any atom is -0.356 e. The highest BCUT2D eigenvalue weighted by Gasteiger charge is 2.26. The van der Waals surface area contributed by atoms with E-state index in [0.29, 0.717) is 0 Å². The minimum atomic E-state index is 0.785. The summed E-state index contributed by atoms with van der Waals surface area (Å²) < 4.78 is 0. The molecule has 0 amide bonds. The SMILES string of the molecule is Cc1nc(N2CCC(CCN(C)C)C2)c2c(C)c(C)sc2n1. The highest BCUT2D eigenvalue weighted by atomic mass is 32.1. The van der Waals surface area contributed by atoms with E-state index in [1.165, 1.54) is 35.2 Å². The molecule has 2 aromatic rings. The molecule has 0 N–H and O–H groups in total. The Bertz CT molecular complexity index is 677. The van der Waals surface area contributed by atoms with E-state index in [2.05, 4.69) is 42.7 Å². The number of nitrogens with zero attached hydrogens (tertiary/aromatic N) is 4. The number of aryl methyl sites for hydroxylation is 3. The molecule has 0 saturated carbocycles. The quantitative estimate of drug-likeness (QED) is 0.865. The van der Waals surface area contributed by atoms with E-state index in [4.69, 9.17) is 4.98 Å². The number of thiophene rings is 1. The second kappa shape index (κ2) is 6.13. The molecule has 1 aliphatic heterocycles. The van der Waals surface area contributed by atoms with E-state index < -0.39 is 0 Å². The summed E-state index contributed by atoms with van der Waals surface area (Å²) in [6, 6.07) is 0. The molecule has 3 heterocycles. The fourth-order valence-corrected chi connectivity index (χ4v) is 4.33. The summed E-state index contributed by atoms with van der Waals surface area (Å²) in [5.74, 6) is 2.84. The molecule has 1 aliphatic rings. The number of anilines is 1. The smallest absolute Gasteiger partial charge is 0.141 e. The van der Waals surface area contributed by atoms with Crippen LogP contribution >= 0.6 is 11.3 Å². The number of aromatic nitrogens is 2. The van der Waals surface area contributed by atoms with Crippen molar-refractivity contribution in [2.24, 2.45) is 5.92 Å². The van der Waals surface area contributed by atoms with Crippen molar-refractivity contribution < 1.29 is 0 Å². The number of rotatable bonds is 4. The molecule has 0 spiro atoms. The number of hydrogen-bond donors (Lipinski definition) is 0. The third-order valence-corrected chi connectivity index (χ3v) is 5.79. The zero-order valence-corrected chi connectivity index (χ0v) is 15.1. The van der Waals surface area contributed by atoms with E-state index in [-0.39, 0.29) is 0 Å². The van der Waals surface area contributed by atoms with Crippen LogP contribution in [-0.2, 0) is 0 Å². The summed E-state index contributed by atoms with van der Waals surface area (Å²) in [4.78, 5) is 16.7. The van der Waals surface area contributed by atoms with Crippen molar-refractivity contribution in [1.29, 1.82) is 0 Å². The van der Waals surface area contributed by atoms with Gasteiger partial charge < -0.3 is 9.80 Å². The van der Waals surface area contributed by atoms with Gasteiger partial charge in [-0.1, -0.05) is 0 Å². The first-order valence-corrected chi connectivity index (χ1v) is 8.91. The molecule has 3 rings (SSSR count). The van der Waals surface area contributed by atoms with Crippen molar-refractivity contribution in [1.82, 2.24) is 14.9 Å². The fraction of sp³-hybridized carbons (Fsp3) is 0.647. The third-order valence-electron chi connectivity index (χ3n) is 4.69. The summed E-state index contributed by atoms with van der Waals surface area (Å²) in [6.07, 6.45) is 2.55. The van der Waals surface area contributed by atoms with Crippen molar-refractivity contribution in [3.63, 3.8) is 0 Å². The standard InChI is InChI=1S/C17H26N4S/c1-11-12(2)22-17-15(11)16(18-13(3)19-17)21-9-7-14(10-21)6-8-20(4)5/h14H,6-10H2,1-5H3. The molecule has 0 aliphatic carbocycles. The molecular formula is C17H26N4S.